The van der Waals surface area contributed by atoms with Crippen LogP contribution in [0.4, 0.5) is 0 Å². The van der Waals surface area contributed by atoms with Crippen LogP contribution in [0.25, 0.3) is 0 Å². The van der Waals surface area contributed by atoms with Gasteiger partial charge in [-0.1, -0.05) is 19.3 Å². The van der Waals surface area contributed by atoms with E-state index in [0.717, 1.165) is 19.3 Å². The summed E-state index contributed by atoms with van der Waals surface area (Å²) in [4.78, 5) is 33.4. The third kappa shape index (κ3) is 3.55. The van der Waals surface area contributed by atoms with Gasteiger partial charge in [-0.2, -0.15) is 0 Å². The second kappa shape index (κ2) is 7.14. The van der Waals surface area contributed by atoms with Gasteiger partial charge in [-0.3, -0.25) is 14.6 Å². The van der Waals surface area contributed by atoms with E-state index in [2.05, 4.69) is 4.98 Å². The van der Waals surface area contributed by atoms with Crippen LogP contribution in [-0.4, -0.2) is 52.8 Å². The van der Waals surface area contributed by atoms with Crippen LogP contribution in [0.2, 0.25) is 0 Å². The third-order valence-corrected chi connectivity index (χ3v) is 6.10. The lowest BCUT2D eigenvalue weighted by molar-refractivity contribution is -0.143. The molecule has 1 aromatic heterocycles. The van der Waals surface area contributed by atoms with E-state index in [1.165, 1.54) is 24.8 Å². The molecule has 3 aliphatic rings. The lowest BCUT2D eigenvalue weighted by Gasteiger charge is -2.37. The minimum atomic E-state index is 0.128. The van der Waals surface area contributed by atoms with Crippen molar-refractivity contribution in [2.45, 2.75) is 44.4 Å². The molecule has 2 aliphatic carbocycles. The van der Waals surface area contributed by atoms with Crippen molar-refractivity contribution in [2.75, 3.05) is 26.2 Å². The van der Waals surface area contributed by atoms with Crippen LogP contribution < -0.4 is 0 Å². The Bertz CT molecular complexity index is 619. The molecule has 0 unspecified atom stereocenters. The second-order valence-corrected chi connectivity index (χ2v) is 7.71. The monoisotopic (exact) mass is 341 g/mol. The van der Waals surface area contributed by atoms with Crippen LogP contribution in [0.3, 0.4) is 0 Å². The Morgan fingerprint density at radius 3 is 2.12 bits per heavy atom. The van der Waals surface area contributed by atoms with Gasteiger partial charge in [-0.15, -0.1) is 0 Å². The van der Waals surface area contributed by atoms with E-state index in [0.29, 0.717) is 38.0 Å². The molecular formula is C20H27N3O2. The number of amides is 2. The van der Waals surface area contributed by atoms with Crippen LogP contribution in [0.5, 0.6) is 0 Å². The average Bonchev–Trinajstić information content (AvgIpc) is 3.49. The summed E-state index contributed by atoms with van der Waals surface area (Å²) < 4.78 is 0. The van der Waals surface area contributed by atoms with E-state index >= 15 is 0 Å². The predicted octanol–water partition coefficient (Wildman–Crippen LogP) is 2.44. The molecule has 0 spiro atoms. The number of hydrogen-bond donors (Lipinski definition) is 0. The largest absolute Gasteiger partial charge is 0.339 e. The smallest absolute Gasteiger partial charge is 0.226 e. The first-order chi connectivity index (χ1) is 12.2. The van der Waals surface area contributed by atoms with Gasteiger partial charge in [0.2, 0.25) is 11.8 Å². The summed E-state index contributed by atoms with van der Waals surface area (Å²) in [6, 6.07) is 4.03. The van der Waals surface area contributed by atoms with Crippen LogP contribution >= 0.6 is 0 Å². The number of piperazine rings is 1. The first kappa shape index (κ1) is 16.6. The van der Waals surface area contributed by atoms with Gasteiger partial charge in [0, 0.05) is 50.4 Å². The minimum Gasteiger partial charge on any atom is -0.339 e. The van der Waals surface area contributed by atoms with Crippen molar-refractivity contribution in [3.05, 3.63) is 30.1 Å². The maximum atomic E-state index is 12.7. The second-order valence-electron chi connectivity index (χ2n) is 7.71. The Hall–Kier alpha value is -1.91. The van der Waals surface area contributed by atoms with Crippen molar-refractivity contribution in [3.63, 3.8) is 0 Å². The van der Waals surface area contributed by atoms with Gasteiger partial charge in [0.05, 0.1) is 0 Å². The summed E-state index contributed by atoms with van der Waals surface area (Å²) in [5.74, 6) is 1.32. The fourth-order valence-corrected chi connectivity index (χ4v) is 4.44. The average molecular weight is 341 g/mol. The maximum Gasteiger partial charge on any atom is 0.226 e. The lowest BCUT2D eigenvalue weighted by atomic mass is 9.88. The summed E-state index contributed by atoms with van der Waals surface area (Å²) in [5.41, 5.74) is 1.22. The maximum absolute atomic E-state index is 12.7. The van der Waals surface area contributed by atoms with Crippen molar-refractivity contribution in [1.29, 1.82) is 0 Å². The molecule has 0 bridgehead atoms. The topological polar surface area (TPSA) is 53.5 Å². The molecule has 2 amide bonds. The van der Waals surface area contributed by atoms with Gasteiger partial charge in [0.15, 0.2) is 0 Å². The molecule has 134 valence electrons. The molecule has 2 heterocycles. The van der Waals surface area contributed by atoms with Crippen molar-refractivity contribution in [3.8, 4) is 0 Å². The van der Waals surface area contributed by atoms with Crippen molar-refractivity contribution in [1.82, 2.24) is 14.8 Å². The third-order valence-electron chi connectivity index (χ3n) is 6.10. The van der Waals surface area contributed by atoms with Crippen LogP contribution in [0, 0.1) is 11.8 Å². The molecular weight excluding hydrogens is 314 g/mol. The number of rotatable bonds is 3. The standard InChI is InChI=1S/C20H27N3O2/c24-19(16-4-2-1-3-5-16)22-10-12-23(13-11-22)20(25)18-14-17(18)15-6-8-21-9-7-15/h6-9,16-18H,1-5,10-14H2/t17-,18+/m0/s1. The van der Waals surface area contributed by atoms with Crippen molar-refractivity contribution >= 4 is 11.8 Å². The van der Waals surface area contributed by atoms with Gasteiger partial charge < -0.3 is 9.80 Å². The van der Waals surface area contributed by atoms with Gasteiger partial charge in [-0.25, -0.2) is 0 Å². The molecule has 4 rings (SSSR count). The SMILES string of the molecule is O=C(C1CCCCC1)N1CCN(C(=O)[C@@H]2C[C@H]2c2ccncc2)CC1. The van der Waals surface area contributed by atoms with E-state index in [1.54, 1.807) is 12.4 Å². The van der Waals surface area contributed by atoms with Gasteiger partial charge >= 0.3 is 0 Å². The molecule has 0 radical (unpaired) electrons. The molecule has 5 nitrogen and oxygen atoms in total. The Morgan fingerprint density at radius 1 is 0.880 bits per heavy atom. The first-order valence-corrected chi connectivity index (χ1v) is 9.71. The number of carbonyl (C=O) groups excluding carboxylic acids is 2. The summed E-state index contributed by atoms with van der Waals surface area (Å²) in [6.45, 7) is 2.79. The van der Waals surface area contributed by atoms with Crippen molar-refractivity contribution < 1.29 is 9.59 Å². The molecule has 25 heavy (non-hydrogen) atoms. The Labute approximate surface area is 149 Å². The first-order valence-electron chi connectivity index (χ1n) is 9.71. The Kier molecular flexibility index (Phi) is 4.73. The lowest BCUT2D eigenvalue weighted by Crippen LogP contribution is -2.52. The van der Waals surface area contributed by atoms with Crippen LogP contribution in [-0.2, 0) is 9.59 Å². The molecule has 3 fully saturated rings. The summed E-state index contributed by atoms with van der Waals surface area (Å²) in [7, 11) is 0. The summed E-state index contributed by atoms with van der Waals surface area (Å²) in [6.07, 6.45) is 10.3. The highest BCUT2D eigenvalue weighted by atomic mass is 16.2. The zero-order valence-corrected chi connectivity index (χ0v) is 14.8. The molecule has 2 saturated carbocycles. The number of aromatic nitrogens is 1. The number of hydrogen-bond acceptors (Lipinski definition) is 3. The highest BCUT2D eigenvalue weighted by molar-refractivity contribution is 5.84. The minimum absolute atomic E-state index is 0.128. The molecule has 0 N–H and O–H groups in total. The molecule has 1 aliphatic heterocycles. The van der Waals surface area contributed by atoms with Crippen molar-refractivity contribution in [2.24, 2.45) is 11.8 Å². The molecule has 0 aromatic carbocycles. The van der Waals surface area contributed by atoms with E-state index in [9.17, 15) is 9.59 Å². The Balaban J connectivity index is 1.27. The molecule has 1 aromatic rings. The fourth-order valence-electron chi connectivity index (χ4n) is 4.44. The van der Waals surface area contributed by atoms with E-state index in [1.807, 2.05) is 21.9 Å². The quantitative estimate of drug-likeness (QED) is 0.848. The highest BCUT2D eigenvalue weighted by Gasteiger charge is 2.46. The number of pyridine rings is 1. The zero-order chi connectivity index (χ0) is 17.2. The van der Waals surface area contributed by atoms with Crippen LogP contribution in [0.1, 0.15) is 50.0 Å². The number of nitrogens with zero attached hydrogens (tertiary/aromatic N) is 3. The molecule has 2 atom stereocenters. The molecule has 1 saturated heterocycles. The highest BCUT2D eigenvalue weighted by Crippen LogP contribution is 2.48. The summed E-state index contributed by atoms with van der Waals surface area (Å²) in [5, 5.41) is 0. The predicted molar refractivity (Wildman–Crippen MR) is 94.8 cm³/mol. The van der Waals surface area contributed by atoms with E-state index in [4.69, 9.17) is 0 Å². The molecule has 5 heteroatoms. The van der Waals surface area contributed by atoms with Gasteiger partial charge in [0.25, 0.3) is 0 Å². The van der Waals surface area contributed by atoms with E-state index in [-0.39, 0.29) is 17.7 Å². The normalized spacial score (nSPS) is 27.2. The number of carbonyl (C=O) groups is 2. The Morgan fingerprint density at radius 2 is 1.48 bits per heavy atom. The van der Waals surface area contributed by atoms with Gasteiger partial charge in [-0.05, 0) is 42.9 Å². The fraction of sp³-hybridized carbons (Fsp3) is 0.650. The van der Waals surface area contributed by atoms with E-state index < -0.39 is 0 Å². The summed E-state index contributed by atoms with van der Waals surface area (Å²) >= 11 is 0. The van der Waals surface area contributed by atoms with Gasteiger partial charge in [0.1, 0.15) is 0 Å². The van der Waals surface area contributed by atoms with Crippen LogP contribution in [0.15, 0.2) is 24.5 Å². The zero-order valence-electron chi connectivity index (χ0n) is 14.8.